The van der Waals surface area contributed by atoms with Crippen molar-refractivity contribution < 1.29 is 8.81 Å². The second kappa shape index (κ2) is 3.58. The van der Waals surface area contributed by atoms with Crippen LogP contribution in [0.4, 0.5) is 4.39 Å². The van der Waals surface area contributed by atoms with Gasteiger partial charge in [-0.2, -0.15) is 0 Å². The Hall–Kier alpha value is -1.37. The summed E-state index contributed by atoms with van der Waals surface area (Å²) in [6.07, 6.45) is 0. The van der Waals surface area contributed by atoms with Crippen LogP contribution >= 0.6 is 22.6 Å². The van der Waals surface area contributed by atoms with Gasteiger partial charge in [-0.25, -0.2) is 9.37 Å². The number of fused-ring (bicyclic) bond motifs is 1. The molecule has 0 bridgehead atoms. The summed E-state index contributed by atoms with van der Waals surface area (Å²) in [4.78, 5) is 7.34. The van der Waals surface area contributed by atoms with Crippen molar-refractivity contribution in [2.75, 3.05) is 0 Å². The molecule has 0 aliphatic carbocycles. The SMILES string of the molecule is Fc1ccc2nc(-c3ccc(I)o3)[nH]c2c1. The maximum atomic E-state index is 13.0. The molecule has 2 heterocycles. The fourth-order valence-electron chi connectivity index (χ4n) is 1.54. The lowest BCUT2D eigenvalue weighted by Gasteiger charge is -1.87. The van der Waals surface area contributed by atoms with Crippen molar-refractivity contribution in [2.45, 2.75) is 0 Å². The van der Waals surface area contributed by atoms with E-state index in [4.69, 9.17) is 4.42 Å². The summed E-state index contributed by atoms with van der Waals surface area (Å²) in [7, 11) is 0. The molecule has 3 rings (SSSR count). The van der Waals surface area contributed by atoms with Gasteiger partial charge in [0.25, 0.3) is 0 Å². The average Bonchev–Trinajstić information content (AvgIpc) is 2.83. The van der Waals surface area contributed by atoms with Crippen molar-refractivity contribution in [2.24, 2.45) is 0 Å². The molecule has 0 radical (unpaired) electrons. The molecule has 0 spiro atoms. The van der Waals surface area contributed by atoms with E-state index in [-0.39, 0.29) is 5.82 Å². The van der Waals surface area contributed by atoms with E-state index in [2.05, 4.69) is 32.6 Å². The van der Waals surface area contributed by atoms with Crippen LogP contribution in [0.2, 0.25) is 0 Å². The van der Waals surface area contributed by atoms with Crippen LogP contribution in [-0.4, -0.2) is 9.97 Å². The predicted octanol–water partition coefficient (Wildman–Crippen LogP) is 3.57. The summed E-state index contributed by atoms with van der Waals surface area (Å²) in [5.74, 6) is 0.987. The molecule has 3 aromatic rings. The molecule has 80 valence electrons. The van der Waals surface area contributed by atoms with E-state index >= 15 is 0 Å². The molecule has 16 heavy (non-hydrogen) atoms. The normalized spacial score (nSPS) is 11.1. The highest BCUT2D eigenvalue weighted by atomic mass is 127. The second-order valence-corrected chi connectivity index (χ2v) is 4.41. The van der Waals surface area contributed by atoms with Crippen molar-refractivity contribution in [3.63, 3.8) is 0 Å². The van der Waals surface area contributed by atoms with Gasteiger partial charge < -0.3 is 9.40 Å². The van der Waals surface area contributed by atoms with Crippen LogP contribution in [0, 0.1) is 9.58 Å². The number of rotatable bonds is 1. The zero-order chi connectivity index (χ0) is 11.1. The van der Waals surface area contributed by atoms with Gasteiger partial charge >= 0.3 is 0 Å². The minimum atomic E-state index is -0.281. The molecule has 3 nitrogen and oxygen atoms in total. The number of imidazole rings is 1. The van der Waals surface area contributed by atoms with Crippen LogP contribution in [0.1, 0.15) is 0 Å². The lowest BCUT2D eigenvalue weighted by Crippen LogP contribution is -1.74. The van der Waals surface area contributed by atoms with E-state index in [1.54, 1.807) is 6.07 Å². The fraction of sp³-hybridized carbons (Fsp3) is 0. The zero-order valence-electron chi connectivity index (χ0n) is 8.00. The fourth-order valence-corrected chi connectivity index (χ4v) is 1.96. The lowest BCUT2D eigenvalue weighted by molar-refractivity contribution is 0.549. The average molecular weight is 328 g/mol. The van der Waals surface area contributed by atoms with Gasteiger partial charge in [-0.15, -0.1) is 0 Å². The summed E-state index contributed by atoms with van der Waals surface area (Å²) in [5, 5.41) is 0. The molecule has 0 fully saturated rings. The topological polar surface area (TPSA) is 41.8 Å². The quantitative estimate of drug-likeness (QED) is 0.694. The molecule has 0 saturated heterocycles. The highest BCUT2D eigenvalue weighted by Crippen LogP contribution is 2.23. The number of H-pyrrole nitrogens is 1. The zero-order valence-corrected chi connectivity index (χ0v) is 10.2. The molecule has 0 unspecified atom stereocenters. The number of hydrogen-bond acceptors (Lipinski definition) is 2. The number of aromatic amines is 1. The van der Waals surface area contributed by atoms with Gasteiger partial charge in [0.1, 0.15) is 5.82 Å². The summed E-state index contributed by atoms with van der Waals surface area (Å²) >= 11 is 2.08. The van der Waals surface area contributed by atoms with E-state index in [9.17, 15) is 4.39 Å². The highest BCUT2D eigenvalue weighted by molar-refractivity contribution is 14.1. The number of furan rings is 1. The van der Waals surface area contributed by atoms with Crippen molar-refractivity contribution in [1.82, 2.24) is 9.97 Å². The molecule has 0 aliphatic rings. The number of nitrogens with zero attached hydrogens (tertiary/aromatic N) is 1. The molecule has 0 amide bonds. The summed E-state index contributed by atoms with van der Waals surface area (Å²) < 4.78 is 19.2. The van der Waals surface area contributed by atoms with Gasteiger partial charge in [-0.1, -0.05) is 0 Å². The Kier molecular flexibility index (Phi) is 2.20. The minimum Gasteiger partial charge on any atom is -0.447 e. The van der Waals surface area contributed by atoms with Crippen molar-refractivity contribution >= 4 is 33.6 Å². The number of halogens is 2. The molecule has 1 aromatic carbocycles. The Morgan fingerprint density at radius 1 is 1.25 bits per heavy atom. The van der Waals surface area contributed by atoms with Crippen LogP contribution in [0.25, 0.3) is 22.6 Å². The maximum Gasteiger partial charge on any atom is 0.174 e. The molecule has 2 aromatic heterocycles. The standard InChI is InChI=1S/C11H6FIN2O/c12-6-1-2-7-8(5-6)15-11(14-7)9-3-4-10(13)16-9/h1-5H,(H,14,15). The van der Waals surface area contributed by atoms with Crippen molar-refractivity contribution in [3.8, 4) is 11.6 Å². The van der Waals surface area contributed by atoms with Gasteiger partial charge in [0.15, 0.2) is 15.4 Å². The van der Waals surface area contributed by atoms with Gasteiger partial charge in [0, 0.05) is 0 Å². The number of nitrogens with one attached hydrogen (secondary N) is 1. The first-order valence-electron chi connectivity index (χ1n) is 4.63. The number of benzene rings is 1. The van der Waals surface area contributed by atoms with Gasteiger partial charge in [0.2, 0.25) is 0 Å². The smallest absolute Gasteiger partial charge is 0.174 e. The van der Waals surface area contributed by atoms with Crippen molar-refractivity contribution in [3.05, 3.63) is 39.9 Å². The largest absolute Gasteiger partial charge is 0.447 e. The Balaban J connectivity index is 2.18. The third kappa shape index (κ3) is 1.60. The molecule has 0 aliphatic heterocycles. The van der Waals surface area contributed by atoms with Crippen LogP contribution in [0.15, 0.2) is 34.7 Å². The van der Waals surface area contributed by atoms with E-state index in [1.807, 2.05) is 12.1 Å². The Bertz CT molecular complexity index is 659. The van der Waals surface area contributed by atoms with Crippen LogP contribution in [0.5, 0.6) is 0 Å². The molecule has 5 heteroatoms. The van der Waals surface area contributed by atoms with E-state index in [0.717, 1.165) is 9.28 Å². The first kappa shape index (κ1) is 9.83. The first-order chi connectivity index (χ1) is 7.72. The molecule has 0 saturated carbocycles. The summed E-state index contributed by atoms with van der Waals surface area (Å²) in [5.41, 5.74) is 1.39. The van der Waals surface area contributed by atoms with Crippen LogP contribution < -0.4 is 0 Å². The Morgan fingerprint density at radius 3 is 2.88 bits per heavy atom. The third-order valence-corrected chi connectivity index (χ3v) is 2.83. The Morgan fingerprint density at radius 2 is 2.12 bits per heavy atom. The molecule has 0 atom stereocenters. The molecular formula is C11H6FIN2O. The van der Waals surface area contributed by atoms with E-state index < -0.39 is 0 Å². The number of aromatic nitrogens is 2. The van der Waals surface area contributed by atoms with Crippen LogP contribution in [0.3, 0.4) is 0 Å². The summed E-state index contributed by atoms with van der Waals surface area (Å²) in [6.45, 7) is 0. The monoisotopic (exact) mass is 328 g/mol. The van der Waals surface area contributed by atoms with E-state index in [0.29, 0.717) is 17.1 Å². The maximum absolute atomic E-state index is 13.0. The molecular weight excluding hydrogens is 322 g/mol. The van der Waals surface area contributed by atoms with Gasteiger partial charge in [-0.3, -0.25) is 0 Å². The van der Waals surface area contributed by atoms with Gasteiger partial charge in [-0.05, 0) is 52.9 Å². The van der Waals surface area contributed by atoms with E-state index in [1.165, 1.54) is 12.1 Å². The lowest BCUT2D eigenvalue weighted by atomic mass is 10.3. The molecule has 1 N–H and O–H groups in total. The van der Waals surface area contributed by atoms with Crippen LogP contribution in [-0.2, 0) is 0 Å². The van der Waals surface area contributed by atoms with Gasteiger partial charge in [0.05, 0.1) is 11.0 Å². The minimum absolute atomic E-state index is 0.281. The first-order valence-corrected chi connectivity index (χ1v) is 5.71. The second-order valence-electron chi connectivity index (χ2n) is 3.35. The third-order valence-electron chi connectivity index (χ3n) is 2.25. The summed E-state index contributed by atoms with van der Waals surface area (Å²) in [6, 6.07) is 8.12. The number of hydrogen-bond donors (Lipinski definition) is 1. The van der Waals surface area contributed by atoms with Crippen molar-refractivity contribution in [1.29, 1.82) is 0 Å². The Labute approximate surface area is 104 Å². The highest BCUT2D eigenvalue weighted by Gasteiger charge is 2.09. The predicted molar refractivity (Wildman–Crippen MR) is 66.5 cm³/mol.